The van der Waals surface area contributed by atoms with Crippen molar-refractivity contribution < 1.29 is 15.0 Å². The van der Waals surface area contributed by atoms with E-state index in [1.165, 1.54) is 0 Å². The summed E-state index contributed by atoms with van der Waals surface area (Å²) < 4.78 is 1.89. The number of nitrogens with zero attached hydrogens (tertiary/aromatic N) is 1. The Kier molecular flexibility index (Phi) is 3.44. The number of hydrogen-bond acceptors (Lipinski definition) is 3. The molecule has 0 bridgehead atoms. The molecule has 0 saturated heterocycles. The molecule has 0 amide bonds. The van der Waals surface area contributed by atoms with Gasteiger partial charge in [0.2, 0.25) is 0 Å². The van der Waals surface area contributed by atoms with Crippen LogP contribution in [-0.2, 0) is 0 Å². The van der Waals surface area contributed by atoms with E-state index in [4.69, 9.17) is 5.11 Å². The monoisotopic (exact) mass is 323 g/mol. The van der Waals surface area contributed by atoms with Crippen LogP contribution in [-0.4, -0.2) is 20.7 Å². The SMILES string of the molecule is Cc1cc(Br)ccc1-n1c(C(=O)O)cc(O)cc1=O. The van der Waals surface area contributed by atoms with Crippen molar-refractivity contribution in [3.05, 3.63) is 56.4 Å². The topological polar surface area (TPSA) is 79.5 Å². The highest BCUT2D eigenvalue weighted by Gasteiger charge is 2.15. The third kappa shape index (κ3) is 2.53. The number of aromatic hydroxyl groups is 1. The fourth-order valence-corrected chi connectivity index (χ4v) is 2.31. The van der Waals surface area contributed by atoms with Crippen molar-refractivity contribution in [3.8, 4) is 11.4 Å². The maximum Gasteiger partial charge on any atom is 0.353 e. The molecule has 19 heavy (non-hydrogen) atoms. The fraction of sp³-hybridized carbons (Fsp3) is 0.0769. The molecule has 2 N–H and O–H groups in total. The predicted octanol–water partition coefficient (Wildman–Crippen LogP) is 2.31. The normalized spacial score (nSPS) is 10.4. The molecule has 0 fully saturated rings. The fourth-order valence-electron chi connectivity index (χ4n) is 1.83. The molecule has 1 heterocycles. The molecule has 0 aliphatic heterocycles. The Morgan fingerprint density at radius 1 is 1.26 bits per heavy atom. The zero-order valence-electron chi connectivity index (χ0n) is 9.92. The van der Waals surface area contributed by atoms with E-state index < -0.39 is 11.5 Å². The lowest BCUT2D eigenvalue weighted by atomic mass is 10.2. The number of pyridine rings is 1. The molecule has 1 aromatic carbocycles. The van der Waals surface area contributed by atoms with Gasteiger partial charge >= 0.3 is 5.97 Å². The lowest BCUT2D eigenvalue weighted by molar-refractivity contribution is 0.0686. The average molecular weight is 324 g/mol. The largest absolute Gasteiger partial charge is 0.508 e. The number of benzene rings is 1. The van der Waals surface area contributed by atoms with Crippen molar-refractivity contribution in [2.75, 3.05) is 0 Å². The molecule has 0 atom stereocenters. The van der Waals surface area contributed by atoms with Crippen molar-refractivity contribution in [2.24, 2.45) is 0 Å². The molecule has 5 nitrogen and oxygen atoms in total. The Labute approximate surface area is 116 Å². The molecule has 2 rings (SSSR count). The highest BCUT2D eigenvalue weighted by Crippen LogP contribution is 2.21. The van der Waals surface area contributed by atoms with Gasteiger partial charge in [-0.15, -0.1) is 0 Å². The maximum atomic E-state index is 11.9. The minimum Gasteiger partial charge on any atom is -0.508 e. The van der Waals surface area contributed by atoms with E-state index in [-0.39, 0.29) is 11.4 Å². The smallest absolute Gasteiger partial charge is 0.353 e. The van der Waals surface area contributed by atoms with Crippen LogP contribution in [0.4, 0.5) is 0 Å². The first kappa shape index (κ1) is 13.4. The first-order chi connectivity index (χ1) is 8.90. The zero-order valence-corrected chi connectivity index (χ0v) is 11.5. The number of carboxylic acids is 1. The summed E-state index contributed by atoms with van der Waals surface area (Å²) in [7, 11) is 0. The Hall–Kier alpha value is -2.08. The molecule has 0 spiro atoms. The van der Waals surface area contributed by atoms with E-state index in [2.05, 4.69) is 15.9 Å². The van der Waals surface area contributed by atoms with E-state index in [0.717, 1.165) is 26.7 Å². The van der Waals surface area contributed by atoms with Crippen LogP contribution < -0.4 is 5.56 Å². The summed E-state index contributed by atoms with van der Waals surface area (Å²) in [5.74, 6) is -1.65. The van der Waals surface area contributed by atoms with E-state index in [1.807, 2.05) is 0 Å². The quantitative estimate of drug-likeness (QED) is 0.888. The number of halogens is 1. The second kappa shape index (κ2) is 4.89. The minimum absolute atomic E-state index is 0.282. The van der Waals surface area contributed by atoms with E-state index >= 15 is 0 Å². The number of aromatic carboxylic acids is 1. The van der Waals surface area contributed by atoms with Crippen LogP contribution in [0.2, 0.25) is 0 Å². The number of aromatic nitrogens is 1. The summed E-state index contributed by atoms with van der Waals surface area (Å²) in [6.07, 6.45) is 0. The van der Waals surface area contributed by atoms with Gasteiger partial charge in [-0.2, -0.15) is 0 Å². The van der Waals surface area contributed by atoms with Crippen molar-refractivity contribution in [3.63, 3.8) is 0 Å². The van der Waals surface area contributed by atoms with Crippen LogP contribution in [0.3, 0.4) is 0 Å². The molecule has 0 radical (unpaired) electrons. The summed E-state index contributed by atoms with van der Waals surface area (Å²) in [5, 5.41) is 18.5. The van der Waals surface area contributed by atoms with Crippen LogP contribution in [0.25, 0.3) is 5.69 Å². The lowest BCUT2D eigenvalue weighted by Gasteiger charge is -2.13. The van der Waals surface area contributed by atoms with Gasteiger partial charge in [-0.25, -0.2) is 4.79 Å². The van der Waals surface area contributed by atoms with Gasteiger partial charge in [-0.1, -0.05) is 15.9 Å². The number of aryl methyl sites for hydroxylation is 1. The summed E-state index contributed by atoms with van der Waals surface area (Å²) in [4.78, 5) is 23.1. The van der Waals surface area contributed by atoms with Gasteiger partial charge in [0.15, 0.2) is 0 Å². The van der Waals surface area contributed by atoms with Gasteiger partial charge in [-0.05, 0) is 30.7 Å². The van der Waals surface area contributed by atoms with Gasteiger partial charge in [0.25, 0.3) is 5.56 Å². The number of hydrogen-bond donors (Lipinski definition) is 2. The second-order valence-corrected chi connectivity index (χ2v) is 4.92. The molecule has 1 aromatic heterocycles. The van der Waals surface area contributed by atoms with Gasteiger partial charge < -0.3 is 10.2 Å². The molecule has 98 valence electrons. The zero-order chi connectivity index (χ0) is 14.2. The Morgan fingerprint density at radius 3 is 2.53 bits per heavy atom. The van der Waals surface area contributed by atoms with Crippen LogP contribution in [0.1, 0.15) is 16.1 Å². The van der Waals surface area contributed by atoms with Crippen molar-refractivity contribution >= 4 is 21.9 Å². The molecule has 0 aliphatic rings. The predicted molar refractivity (Wildman–Crippen MR) is 73.1 cm³/mol. The number of carbonyl (C=O) groups is 1. The van der Waals surface area contributed by atoms with E-state index in [1.54, 1.807) is 25.1 Å². The van der Waals surface area contributed by atoms with E-state index in [0.29, 0.717) is 5.69 Å². The first-order valence-corrected chi connectivity index (χ1v) is 6.15. The molecular weight excluding hydrogens is 314 g/mol. The molecule has 0 aliphatic carbocycles. The van der Waals surface area contributed by atoms with Crippen molar-refractivity contribution in [1.82, 2.24) is 4.57 Å². The lowest BCUT2D eigenvalue weighted by Crippen LogP contribution is -2.24. The Balaban J connectivity index is 2.81. The minimum atomic E-state index is -1.28. The Bertz CT molecular complexity index is 721. The average Bonchev–Trinajstić information content (AvgIpc) is 2.29. The maximum absolute atomic E-state index is 11.9. The summed E-state index contributed by atoms with van der Waals surface area (Å²) >= 11 is 3.30. The molecule has 0 saturated carbocycles. The van der Waals surface area contributed by atoms with Crippen LogP contribution in [0.15, 0.2) is 39.6 Å². The van der Waals surface area contributed by atoms with Crippen molar-refractivity contribution in [2.45, 2.75) is 6.92 Å². The molecular formula is C13H10BrNO4. The van der Waals surface area contributed by atoms with E-state index in [9.17, 15) is 14.7 Å². The Morgan fingerprint density at radius 2 is 1.95 bits per heavy atom. The van der Waals surface area contributed by atoms with Crippen LogP contribution >= 0.6 is 15.9 Å². The van der Waals surface area contributed by atoms with Crippen molar-refractivity contribution in [1.29, 1.82) is 0 Å². The first-order valence-electron chi connectivity index (χ1n) is 5.36. The third-order valence-corrected chi connectivity index (χ3v) is 3.13. The standard InChI is InChI=1S/C13H10BrNO4/c1-7-4-8(14)2-3-10(7)15-11(13(18)19)5-9(16)6-12(15)17/h2-6,16H,1H3,(H,18,19). The van der Waals surface area contributed by atoms with Crippen LogP contribution in [0, 0.1) is 6.92 Å². The highest BCUT2D eigenvalue weighted by molar-refractivity contribution is 9.10. The summed E-state index contributed by atoms with van der Waals surface area (Å²) in [6, 6.07) is 7.16. The van der Waals surface area contributed by atoms with Gasteiger partial charge in [-0.3, -0.25) is 9.36 Å². The molecule has 2 aromatic rings. The number of carboxylic acid groups (broad SMARTS) is 1. The van der Waals surface area contributed by atoms with Gasteiger partial charge in [0, 0.05) is 16.6 Å². The molecule has 6 heteroatoms. The van der Waals surface area contributed by atoms with Gasteiger partial charge in [0.1, 0.15) is 11.4 Å². The van der Waals surface area contributed by atoms with Crippen LogP contribution in [0.5, 0.6) is 5.75 Å². The third-order valence-electron chi connectivity index (χ3n) is 2.64. The second-order valence-electron chi connectivity index (χ2n) is 4.01. The number of rotatable bonds is 2. The van der Waals surface area contributed by atoms with Gasteiger partial charge in [0.05, 0.1) is 5.69 Å². The molecule has 0 unspecified atom stereocenters. The highest BCUT2D eigenvalue weighted by atomic mass is 79.9. The summed E-state index contributed by atoms with van der Waals surface area (Å²) in [6.45, 7) is 1.77. The summed E-state index contributed by atoms with van der Waals surface area (Å²) in [5.41, 5.74) is 0.327.